The molecule has 5 heteroatoms. The minimum atomic E-state index is -3.06. The third-order valence-corrected chi connectivity index (χ3v) is 5.05. The van der Waals surface area contributed by atoms with E-state index in [1.165, 1.54) is 4.31 Å². The van der Waals surface area contributed by atoms with Gasteiger partial charge in [0.2, 0.25) is 10.0 Å². The quantitative estimate of drug-likeness (QED) is 0.687. The summed E-state index contributed by atoms with van der Waals surface area (Å²) in [5.74, 6) is 0.259. The van der Waals surface area contributed by atoms with Crippen molar-refractivity contribution in [2.24, 2.45) is 0 Å². The summed E-state index contributed by atoms with van der Waals surface area (Å²) < 4.78 is 24.8. The zero-order valence-corrected chi connectivity index (χ0v) is 8.39. The van der Waals surface area contributed by atoms with Crippen LogP contribution in [0.1, 0.15) is 25.7 Å². The van der Waals surface area contributed by atoms with Crippen LogP contribution in [0.3, 0.4) is 0 Å². The maximum atomic E-state index is 11.6. The highest BCUT2D eigenvalue weighted by atomic mass is 32.2. The molecule has 0 aromatic heterocycles. The summed E-state index contributed by atoms with van der Waals surface area (Å²) in [6.07, 6.45) is 3.34. The van der Waals surface area contributed by atoms with Gasteiger partial charge in [-0.25, -0.2) is 8.42 Å². The van der Waals surface area contributed by atoms with Gasteiger partial charge in [0.15, 0.2) is 0 Å². The Hall–Kier alpha value is -0.130. The smallest absolute Gasteiger partial charge is 0.214 e. The topological polar surface area (TPSA) is 57.6 Å². The van der Waals surface area contributed by atoms with Gasteiger partial charge in [0.05, 0.1) is 17.9 Å². The highest BCUT2D eigenvalue weighted by Gasteiger charge is 2.52. The summed E-state index contributed by atoms with van der Waals surface area (Å²) >= 11 is 0. The molecular formula is C8H15NO3S. The number of aliphatic hydroxyl groups is 1. The number of nitrogens with zero attached hydrogens (tertiary/aromatic N) is 1. The second-order valence-electron chi connectivity index (χ2n) is 3.98. The van der Waals surface area contributed by atoms with Crippen molar-refractivity contribution in [2.75, 3.05) is 18.9 Å². The van der Waals surface area contributed by atoms with E-state index in [2.05, 4.69) is 0 Å². The van der Waals surface area contributed by atoms with Crippen molar-refractivity contribution >= 4 is 10.0 Å². The van der Waals surface area contributed by atoms with Gasteiger partial charge in [-0.2, -0.15) is 4.31 Å². The third kappa shape index (κ3) is 1.49. The number of aliphatic hydroxyl groups excluding tert-OH is 1. The molecule has 2 aliphatic rings. The number of hydrogen-bond acceptors (Lipinski definition) is 3. The molecule has 1 saturated carbocycles. The lowest BCUT2D eigenvalue weighted by Crippen LogP contribution is -2.48. The Labute approximate surface area is 78.6 Å². The molecule has 1 aliphatic carbocycles. The zero-order valence-electron chi connectivity index (χ0n) is 7.57. The first-order valence-electron chi connectivity index (χ1n) is 4.72. The molecule has 0 amide bonds. The number of hydrogen-bond donors (Lipinski definition) is 1. The van der Waals surface area contributed by atoms with Gasteiger partial charge in [-0.1, -0.05) is 0 Å². The van der Waals surface area contributed by atoms with Crippen LogP contribution in [0.15, 0.2) is 0 Å². The molecule has 1 N–H and O–H groups in total. The average Bonchev–Trinajstić information content (AvgIpc) is 2.84. The maximum Gasteiger partial charge on any atom is 0.214 e. The van der Waals surface area contributed by atoms with Gasteiger partial charge in [-0.05, 0) is 25.7 Å². The van der Waals surface area contributed by atoms with Crippen molar-refractivity contribution in [3.05, 3.63) is 0 Å². The van der Waals surface area contributed by atoms with Gasteiger partial charge in [0, 0.05) is 6.54 Å². The Morgan fingerprint density at radius 1 is 1.31 bits per heavy atom. The molecular weight excluding hydrogens is 190 g/mol. The summed E-state index contributed by atoms with van der Waals surface area (Å²) in [5, 5.41) is 9.13. The van der Waals surface area contributed by atoms with Crippen LogP contribution in [0.4, 0.5) is 0 Å². The van der Waals surface area contributed by atoms with Crippen molar-refractivity contribution in [3.8, 4) is 0 Å². The Morgan fingerprint density at radius 3 is 2.46 bits per heavy atom. The average molecular weight is 205 g/mol. The molecule has 1 saturated heterocycles. The van der Waals surface area contributed by atoms with E-state index in [9.17, 15) is 8.42 Å². The van der Waals surface area contributed by atoms with Crippen LogP contribution >= 0.6 is 0 Å². The minimum Gasteiger partial charge on any atom is -0.394 e. The molecule has 0 radical (unpaired) electrons. The van der Waals surface area contributed by atoms with Gasteiger partial charge >= 0.3 is 0 Å². The van der Waals surface area contributed by atoms with Crippen LogP contribution in [0.25, 0.3) is 0 Å². The lowest BCUT2D eigenvalue weighted by molar-refractivity contribution is 0.165. The first-order valence-corrected chi connectivity index (χ1v) is 6.33. The molecule has 0 bridgehead atoms. The van der Waals surface area contributed by atoms with Crippen LogP contribution in [0.2, 0.25) is 0 Å². The van der Waals surface area contributed by atoms with Gasteiger partial charge in [-0.15, -0.1) is 0 Å². The van der Waals surface area contributed by atoms with Crippen molar-refractivity contribution in [1.29, 1.82) is 0 Å². The van der Waals surface area contributed by atoms with Crippen LogP contribution in [-0.4, -0.2) is 42.3 Å². The Bertz CT molecular complexity index is 295. The fourth-order valence-electron chi connectivity index (χ4n) is 1.95. The molecule has 0 spiro atoms. The molecule has 2 rings (SSSR count). The molecule has 0 aromatic carbocycles. The first kappa shape index (κ1) is 9.43. The summed E-state index contributed by atoms with van der Waals surface area (Å²) in [5.41, 5.74) is -0.404. The molecule has 1 heterocycles. The monoisotopic (exact) mass is 205 g/mol. The Balaban J connectivity index is 2.22. The van der Waals surface area contributed by atoms with E-state index in [0.717, 1.165) is 25.7 Å². The number of rotatable bonds is 2. The highest BCUT2D eigenvalue weighted by molar-refractivity contribution is 7.89. The van der Waals surface area contributed by atoms with Crippen LogP contribution < -0.4 is 0 Å². The van der Waals surface area contributed by atoms with E-state index in [1.807, 2.05) is 0 Å². The van der Waals surface area contributed by atoms with Crippen molar-refractivity contribution in [3.63, 3.8) is 0 Å². The summed E-state index contributed by atoms with van der Waals surface area (Å²) in [7, 11) is -3.06. The Kier molecular flexibility index (Phi) is 2.13. The van der Waals surface area contributed by atoms with E-state index in [1.54, 1.807) is 0 Å². The normalized spacial score (nSPS) is 31.5. The minimum absolute atomic E-state index is 0.0216. The van der Waals surface area contributed by atoms with E-state index >= 15 is 0 Å². The molecule has 4 nitrogen and oxygen atoms in total. The lowest BCUT2D eigenvalue weighted by Gasteiger charge is -2.32. The van der Waals surface area contributed by atoms with E-state index in [0.29, 0.717) is 6.54 Å². The predicted octanol–water partition coefficient (Wildman–Crippen LogP) is -0.0631. The van der Waals surface area contributed by atoms with Gasteiger partial charge in [0.25, 0.3) is 0 Å². The predicted molar refractivity (Wildman–Crippen MR) is 48.8 cm³/mol. The molecule has 2 fully saturated rings. The summed E-state index contributed by atoms with van der Waals surface area (Å²) in [6, 6.07) is 0. The van der Waals surface area contributed by atoms with Crippen molar-refractivity contribution < 1.29 is 13.5 Å². The second kappa shape index (κ2) is 2.93. The molecule has 0 atom stereocenters. The van der Waals surface area contributed by atoms with E-state index < -0.39 is 15.6 Å². The molecule has 13 heavy (non-hydrogen) atoms. The molecule has 0 aromatic rings. The largest absolute Gasteiger partial charge is 0.394 e. The van der Waals surface area contributed by atoms with E-state index in [-0.39, 0.29) is 12.4 Å². The summed E-state index contributed by atoms with van der Waals surface area (Å²) in [4.78, 5) is 0. The van der Waals surface area contributed by atoms with Crippen molar-refractivity contribution in [1.82, 2.24) is 4.31 Å². The van der Waals surface area contributed by atoms with Crippen LogP contribution in [-0.2, 0) is 10.0 Å². The molecule has 0 unspecified atom stereocenters. The highest BCUT2D eigenvalue weighted by Crippen LogP contribution is 2.44. The lowest BCUT2D eigenvalue weighted by atomic mass is 10.2. The molecule has 76 valence electrons. The van der Waals surface area contributed by atoms with Gasteiger partial charge in [0.1, 0.15) is 0 Å². The van der Waals surface area contributed by atoms with E-state index in [4.69, 9.17) is 5.11 Å². The fraction of sp³-hybridized carbons (Fsp3) is 1.00. The maximum absolute atomic E-state index is 11.6. The SMILES string of the molecule is O=S1(=O)CCCCN1C1(CO)CC1. The van der Waals surface area contributed by atoms with Crippen LogP contribution in [0, 0.1) is 0 Å². The first-order chi connectivity index (χ1) is 6.11. The zero-order chi connectivity index (χ0) is 9.53. The summed E-state index contributed by atoms with van der Waals surface area (Å²) in [6.45, 7) is 0.578. The number of sulfonamides is 1. The Morgan fingerprint density at radius 2 is 2.00 bits per heavy atom. The van der Waals surface area contributed by atoms with Gasteiger partial charge in [-0.3, -0.25) is 0 Å². The second-order valence-corrected chi connectivity index (χ2v) is 5.99. The fourth-order valence-corrected chi connectivity index (χ4v) is 3.98. The van der Waals surface area contributed by atoms with Crippen molar-refractivity contribution in [2.45, 2.75) is 31.2 Å². The van der Waals surface area contributed by atoms with Crippen LogP contribution in [0.5, 0.6) is 0 Å². The standard InChI is InChI=1S/C8H15NO3S/c10-7-8(3-4-8)9-5-1-2-6-13(9,11)12/h10H,1-7H2. The third-order valence-electron chi connectivity index (χ3n) is 3.00. The van der Waals surface area contributed by atoms with Gasteiger partial charge < -0.3 is 5.11 Å². The molecule has 1 aliphatic heterocycles.